The van der Waals surface area contributed by atoms with Crippen molar-refractivity contribution in [3.05, 3.63) is 99.7 Å². The first kappa shape index (κ1) is 18.9. The standard InChI is InChI=1S/C25H21BrN2O2/c1-30-19-11-9-16(10-12-19)24-23-21(20-7-2-3-8-22(20)27-23)13-14-28(24)25(29)17-5-4-6-18(26)15-17/h2-12,15,24,27H,13-14H2,1H3. The van der Waals surface area contributed by atoms with Crippen LogP contribution in [0.15, 0.2) is 77.3 Å². The number of nitrogens with one attached hydrogen (secondary N) is 1. The average Bonchev–Trinajstić information content (AvgIpc) is 3.17. The molecular formula is C25H21BrN2O2. The fraction of sp³-hybridized carbons (Fsp3) is 0.160. The van der Waals surface area contributed by atoms with E-state index < -0.39 is 0 Å². The molecule has 5 heteroatoms. The second-order valence-corrected chi connectivity index (χ2v) is 8.41. The van der Waals surface area contributed by atoms with Crippen molar-refractivity contribution in [2.45, 2.75) is 12.5 Å². The van der Waals surface area contributed by atoms with Gasteiger partial charge in [0.2, 0.25) is 0 Å². The third kappa shape index (κ3) is 3.19. The summed E-state index contributed by atoms with van der Waals surface area (Å²) in [5, 5.41) is 1.24. The lowest BCUT2D eigenvalue weighted by Gasteiger charge is -2.36. The third-order valence-electron chi connectivity index (χ3n) is 5.80. The summed E-state index contributed by atoms with van der Waals surface area (Å²) in [7, 11) is 1.66. The van der Waals surface area contributed by atoms with Gasteiger partial charge in [-0.1, -0.05) is 52.3 Å². The Morgan fingerprint density at radius 3 is 2.63 bits per heavy atom. The van der Waals surface area contributed by atoms with Crippen LogP contribution >= 0.6 is 15.9 Å². The van der Waals surface area contributed by atoms with Crippen molar-refractivity contribution >= 4 is 32.7 Å². The number of benzene rings is 3. The Morgan fingerprint density at radius 1 is 1.07 bits per heavy atom. The topological polar surface area (TPSA) is 45.3 Å². The van der Waals surface area contributed by atoms with Crippen molar-refractivity contribution in [1.82, 2.24) is 9.88 Å². The van der Waals surface area contributed by atoms with E-state index >= 15 is 0 Å². The first-order valence-electron chi connectivity index (χ1n) is 9.95. The fourth-order valence-corrected chi connectivity index (χ4v) is 4.78. The number of hydrogen-bond donors (Lipinski definition) is 1. The van der Waals surface area contributed by atoms with Crippen LogP contribution in [0.5, 0.6) is 5.75 Å². The van der Waals surface area contributed by atoms with E-state index in [2.05, 4.69) is 39.1 Å². The van der Waals surface area contributed by atoms with Gasteiger partial charge in [-0.25, -0.2) is 0 Å². The molecule has 3 aromatic carbocycles. The average molecular weight is 461 g/mol. The molecule has 150 valence electrons. The number of aromatic amines is 1. The summed E-state index contributed by atoms with van der Waals surface area (Å²) < 4.78 is 6.24. The van der Waals surface area contributed by atoms with E-state index in [0.29, 0.717) is 12.1 Å². The van der Waals surface area contributed by atoms with Crippen LogP contribution in [0.4, 0.5) is 0 Å². The molecule has 1 atom stereocenters. The van der Waals surface area contributed by atoms with Crippen LogP contribution in [0.1, 0.15) is 33.2 Å². The molecule has 0 aliphatic carbocycles. The number of carbonyl (C=O) groups is 1. The van der Waals surface area contributed by atoms with Crippen LogP contribution in [0.3, 0.4) is 0 Å². The molecule has 1 aromatic heterocycles. The lowest BCUT2D eigenvalue weighted by atomic mass is 9.91. The molecule has 4 nitrogen and oxygen atoms in total. The number of rotatable bonds is 3. The Labute approximate surface area is 183 Å². The zero-order valence-electron chi connectivity index (χ0n) is 16.6. The molecule has 5 rings (SSSR count). The minimum Gasteiger partial charge on any atom is -0.497 e. The first-order valence-corrected chi connectivity index (χ1v) is 10.7. The summed E-state index contributed by atoms with van der Waals surface area (Å²) in [5.74, 6) is 0.831. The van der Waals surface area contributed by atoms with Gasteiger partial charge in [-0.3, -0.25) is 4.79 Å². The van der Waals surface area contributed by atoms with E-state index in [0.717, 1.165) is 33.4 Å². The lowest BCUT2D eigenvalue weighted by molar-refractivity contribution is 0.0692. The van der Waals surface area contributed by atoms with E-state index in [1.54, 1.807) is 7.11 Å². The zero-order valence-corrected chi connectivity index (χ0v) is 18.1. The highest BCUT2D eigenvalue weighted by Gasteiger charge is 2.35. The normalized spacial score (nSPS) is 15.8. The number of nitrogens with zero attached hydrogens (tertiary/aromatic N) is 1. The number of ether oxygens (including phenoxy) is 1. The van der Waals surface area contributed by atoms with E-state index in [1.807, 2.05) is 59.5 Å². The van der Waals surface area contributed by atoms with Crippen molar-refractivity contribution in [3.63, 3.8) is 0 Å². The third-order valence-corrected chi connectivity index (χ3v) is 6.29. The second kappa shape index (κ2) is 7.65. The van der Waals surface area contributed by atoms with Crippen LogP contribution in [0, 0.1) is 0 Å². The quantitative estimate of drug-likeness (QED) is 0.424. The summed E-state index contributed by atoms with van der Waals surface area (Å²) in [6.45, 7) is 0.664. The van der Waals surface area contributed by atoms with E-state index in [1.165, 1.54) is 10.9 Å². The number of para-hydroxylation sites is 1. The lowest BCUT2D eigenvalue weighted by Crippen LogP contribution is -2.40. The Kier molecular flexibility index (Phi) is 4.83. The Hall–Kier alpha value is -3.05. The molecule has 0 radical (unpaired) electrons. The van der Waals surface area contributed by atoms with Gasteiger partial charge < -0.3 is 14.6 Å². The predicted octanol–water partition coefficient (Wildman–Crippen LogP) is 5.73. The molecule has 0 saturated carbocycles. The van der Waals surface area contributed by atoms with Crippen LogP contribution in [0.25, 0.3) is 10.9 Å². The van der Waals surface area contributed by atoms with Gasteiger partial charge in [0.1, 0.15) is 5.75 Å². The number of hydrogen-bond acceptors (Lipinski definition) is 2. The number of halogens is 1. The molecule has 1 N–H and O–H groups in total. The number of methoxy groups -OCH3 is 1. The highest BCUT2D eigenvalue weighted by atomic mass is 79.9. The van der Waals surface area contributed by atoms with Crippen LogP contribution in [-0.2, 0) is 6.42 Å². The number of amides is 1. The zero-order chi connectivity index (χ0) is 20.7. The SMILES string of the molecule is COc1ccc(C2c3[nH]c4ccccc4c3CCN2C(=O)c2cccc(Br)c2)cc1. The molecule has 0 fully saturated rings. The maximum atomic E-state index is 13.6. The molecule has 4 aromatic rings. The fourth-order valence-electron chi connectivity index (χ4n) is 4.38. The molecule has 1 amide bonds. The van der Waals surface area contributed by atoms with Crippen molar-refractivity contribution in [1.29, 1.82) is 0 Å². The minimum absolute atomic E-state index is 0.0291. The van der Waals surface area contributed by atoms with E-state index in [4.69, 9.17) is 4.74 Å². The van der Waals surface area contributed by atoms with Crippen molar-refractivity contribution in [2.75, 3.05) is 13.7 Å². The molecule has 30 heavy (non-hydrogen) atoms. The van der Waals surface area contributed by atoms with Crippen LogP contribution in [-0.4, -0.2) is 29.4 Å². The molecule has 1 unspecified atom stereocenters. The highest BCUT2D eigenvalue weighted by molar-refractivity contribution is 9.10. The monoisotopic (exact) mass is 460 g/mol. The molecular weight excluding hydrogens is 440 g/mol. The number of carbonyl (C=O) groups excluding carboxylic acids is 1. The van der Waals surface area contributed by atoms with Crippen LogP contribution < -0.4 is 4.74 Å². The molecule has 1 aliphatic heterocycles. The van der Waals surface area contributed by atoms with Gasteiger partial charge in [0, 0.05) is 33.2 Å². The van der Waals surface area contributed by atoms with Crippen molar-refractivity contribution in [2.24, 2.45) is 0 Å². The summed E-state index contributed by atoms with van der Waals surface area (Å²) in [6.07, 6.45) is 0.825. The minimum atomic E-state index is -0.182. The predicted molar refractivity (Wildman–Crippen MR) is 122 cm³/mol. The smallest absolute Gasteiger partial charge is 0.254 e. The van der Waals surface area contributed by atoms with Crippen LogP contribution in [0.2, 0.25) is 0 Å². The molecule has 2 heterocycles. The van der Waals surface area contributed by atoms with Gasteiger partial charge >= 0.3 is 0 Å². The largest absolute Gasteiger partial charge is 0.497 e. The van der Waals surface area contributed by atoms with Gasteiger partial charge in [-0.05, 0) is 53.9 Å². The highest BCUT2D eigenvalue weighted by Crippen LogP contribution is 2.39. The molecule has 1 aliphatic rings. The van der Waals surface area contributed by atoms with Gasteiger partial charge in [-0.15, -0.1) is 0 Å². The molecule has 0 bridgehead atoms. The number of fused-ring (bicyclic) bond motifs is 3. The maximum absolute atomic E-state index is 13.6. The van der Waals surface area contributed by atoms with Crippen molar-refractivity contribution < 1.29 is 9.53 Å². The van der Waals surface area contributed by atoms with Gasteiger partial charge in [0.15, 0.2) is 0 Å². The maximum Gasteiger partial charge on any atom is 0.254 e. The Balaban J connectivity index is 1.65. The van der Waals surface area contributed by atoms with E-state index in [9.17, 15) is 4.79 Å². The van der Waals surface area contributed by atoms with Gasteiger partial charge in [0.05, 0.1) is 13.2 Å². The summed E-state index contributed by atoms with van der Waals surface area (Å²) in [6, 6.07) is 23.8. The summed E-state index contributed by atoms with van der Waals surface area (Å²) >= 11 is 3.49. The molecule has 0 saturated heterocycles. The summed E-state index contributed by atoms with van der Waals surface area (Å²) in [4.78, 5) is 19.1. The Morgan fingerprint density at radius 2 is 1.87 bits per heavy atom. The Bertz CT molecular complexity index is 1230. The molecule has 0 spiro atoms. The van der Waals surface area contributed by atoms with Gasteiger partial charge in [-0.2, -0.15) is 0 Å². The first-order chi connectivity index (χ1) is 14.7. The number of H-pyrrole nitrogens is 1. The second-order valence-electron chi connectivity index (χ2n) is 7.50. The van der Waals surface area contributed by atoms with Gasteiger partial charge in [0.25, 0.3) is 5.91 Å². The summed E-state index contributed by atoms with van der Waals surface area (Å²) in [5.41, 5.74) is 5.24. The number of aromatic nitrogens is 1. The van der Waals surface area contributed by atoms with Crippen molar-refractivity contribution in [3.8, 4) is 5.75 Å². The van der Waals surface area contributed by atoms with E-state index in [-0.39, 0.29) is 11.9 Å².